The Balaban J connectivity index is 1.40. The minimum Gasteiger partial charge on any atom is -0.332 e. The number of pyridine rings is 1. The molecular weight excluding hydrogens is 457 g/mol. The number of hydrogen-bond donors (Lipinski definition) is 0. The first-order valence-electron chi connectivity index (χ1n) is 9.17. The van der Waals surface area contributed by atoms with Gasteiger partial charge in [-0.15, -0.1) is 10.2 Å². The quantitative estimate of drug-likeness (QED) is 0.384. The molecule has 0 N–H and O–H groups in total. The zero-order valence-corrected chi connectivity index (χ0v) is 17.6. The Morgan fingerprint density at radius 1 is 1.06 bits per heavy atom. The van der Waals surface area contributed by atoms with Gasteiger partial charge in [0.05, 0.1) is 11.6 Å². The molecule has 1 aromatic carbocycles. The molecule has 0 bridgehead atoms. The molecule has 5 aromatic rings. The van der Waals surface area contributed by atoms with E-state index in [1.54, 1.807) is 24.4 Å². The van der Waals surface area contributed by atoms with Crippen LogP contribution >= 0.6 is 22.9 Å². The molecule has 0 amide bonds. The monoisotopic (exact) mass is 467 g/mol. The van der Waals surface area contributed by atoms with E-state index in [-0.39, 0.29) is 23.8 Å². The fourth-order valence-corrected chi connectivity index (χ4v) is 3.81. The van der Waals surface area contributed by atoms with Crippen LogP contribution in [0.5, 0.6) is 0 Å². The van der Waals surface area contributed by atoms with Crippen LogP contribution in [0.3, 0.4) is 0 Å². The van der Waals surface area contributed by atoms with Crippen LogP contribution in [0.1, 0.15) is 5.01 Å². The van der Waals surface area contributed by atoms with Gasteiger partial charge in [-0.05, 0) is 36.4 Å². The first-order valence-corrected chi connectivity index (χ1v) is 10.4. The van der Waals surface area contributed by atoms with Gasteiger partial charge in [-0.25, -0.2) is 9.07 Å². The van der Waals surface area contributed by atoms with Gasteiger partial charge in [0, 0.05) is 29.6 Å². The van der Waals surface area contributed by atoms with Crippen LogP contribution in [0.2, 0.25) is 5.02 Å². The van der Waals surface area contributed by atoms with Crippen LogP contribution < -0.4 is 5.56 Å². The molecule has 0 atom stereocenters. The minimum absolute atomic E-state index is 0.102. The van der Waals surface area contributed by atoms with Crippen molar-refractivity contribution in [1.82, 2.24) is 35.1 Å². The van der Waals surface area contributed by atoms with Crippen LogP contribution in [-0.4, -0.2) is 35.1 Å². The summed E-state index contributed by atoms with van der Waals surface area (Å²) in [6.45, 7) is 0.102. The van der Waals surface area contributed by atoms with Crippen molar-refractivity contribution < 1.29 is 8.91 Å². The highest BCUT2D eigenvalue weighted by molar-refractivity contribution is 7.14. The largest absolute Gasteiger partial charge is 0.332 e. The normalized spacial score (nSPS) is 11.1. The maximum atomic E-state index is 13.1. The van der Waals surface area contributed by atoms with Crippen LogP contribution in [0.15, 0.2) is 64.2 Å². The second-order valence-electron chi connectivity index (χ2n) is 6.54. The highest BCUT2D eigenvalue weighted by Crippen LogP contribution is 2.24. The van der Waals surface area contributed by atoms with Crippen molar-refractivity contribution in [3.05, 3.63) is 81.1 Å². The molecule has 0 saturated carbocycles. The zero-order chi connectivity index (χ0) is 22.1. The average molecular weight is 468 g/mol. The molecule has 0 unspecified atom stereocenters. The molecule has 9 nitrogen and oxygen atoms in total. The fraction of sp³-hybridized carbons (Fsp3) is 0.0500. The Hall–Kier alpha value is -3.83. The van der Waals surface area contributed by atoms with Gasteiger partial charge in [0.1, 0.15) is 21.5 Å². The molecule has 32 heavy (non-hydrogen) atoms. The molecule has 4 aromatic heterocycles. The lowest BCUT2D eigenvalue weighted by atomic mass is 10.2. The summed E-state index contributed by atoms with van der Waals surface area (Å²) in [5.74, 6) is 0.0995. The van der Waals surface area contributed by atoms with Crippen LogP contribution in [-0.2, 0) is 6.54 Å². The third-order valence-corrected chi connectivity index (χ3v) is 5.48. The van der Waals surface area contributed by atoms with Gasteiger partial charge in [-0.2, -0.15) is 10.1 Å². The summed E-state index contributed by atoms with van der Waals surface area (Å²) in [5.41, 5.74) is 1.31. The van der Waals surface area contributed by atoms with Crippen molar-refractivity contribution in [1.29, 1.82) is 0 Å². The second-order valence-corrected chi connectivity index (χ2v) is 8.04. The van der Waals surface area contributed by atoms with Gasteiger partial charge in [0.15, 0.2) is 0 Å². The van der Waals surface area contributed by atoms with Crippen molar-refractivity contribution in [2.45, 2.75) is 6.54 Å². The van der Waals surface area contributed by atoms with Crippen molar-refractivity contribution >= 4 is 22.9 Å². The number of halogens is 2. The van der Waals surface area contributed by atoms with Crippen molar-refractivity contribution in [3.63, 3.8) is 0 Å². The number of hydrogen-bond acceptors (Lipinski definition) is 9. The van der Waals surface area contributed by atoms with Gasteiger partial charge in [-0.3, -0.25) is 9.78 Å². The van der Waals surface area contributed by atoms with E-state index in [1.165, 1.54) is 46.5 Å². The standard InChI is InChI=1S/C20H11ClFN7O2S/c21-13-7-12(8-23-9-13)18-24-19(31-28-18)15-5-6-17(30)29(27-15)10-16-25-26-20(32-16)11-1-3-14(22)4-2-11/h1-9H,10H2. The molecule has 0 fully saturated rings. The van der Waals surface area contributed by atoms with E-state index in [9.17, 15) is 9.18 Å². The number of nitrogens with zero attached hydrogens (tertiary/aromatic N) is 7. The van der Waals surface area contributed by atoms with E-state index >= 15 is 0 Å². The average Bonchev–Trinajstić information content (AvgIpc) is 3.46. The van der Waals surface area contributed by atoms with Crippen LogP contribution in [0.4, 0.5) is 4.39 Å². The first-order chi connectivity index (χ1) is 15.5. The van der Waals surface area contributed by atoms with E-state index in [0.29, 0.717) is 32.1 Å². The van der Waals surface area contributed by atoms with E-state index in [1.807, 2.05) is 0 Å². The molecule has 12 heteroatoms. The second kappa shape index (κ2) is 8.36. The maximum Gasteiger partial charge on any atom is 0.278 e. The lowest BCUT2D eigenvalue weighted by Crippen LogP contribution is -2.22. The molecule has 0 aliphatic carbocycles. The highest BCUT2D eigenvalue weighted by Gasteiger charge is 2.15. The Morgan fingerprint density at radius 2 is 1.91 bits per heavy atom. The van der Waals surface area contributed by atoms with Gasteiger partial charge in [0.2, 0.25) is 5.82 Å². The third-order valence-electron chi connectivity index (χ3n) is 4.32. The SMILES string of the molecule is O=c1ccc(-c2nc(-c3cncc(Cl)c3)no2)nn1Cc1nnc(-c2ccc(F)cc2)s1. The lowest BCUT2D eigenvalue weighted by Gasteiger charge is -2.02. The predicted molar refractivity (Wildman–Crippen MR) is 114 cm³/mol. The summed E-state index contributed by atoms with van der Waals surface area (Å²) in [7, 11) is 0. The number of aromatic nitrogens is 7. The molecule has 0 aliphatic rings. The van der Waals surface area contributed by atoms with Crippen LogP contribution in [0, 0.1) is 5.82 Å². The smallest absolute Gasteiger partial charge is 0.278 e. The molecule has 0 spiro atoms. The van der Waals surface area contributed by atoms with E-state index in [4.69, 9.17) is 16.1 Å². The molecule has 5 rings (SSSR count). The van der Waals surface area contributed by atoms with Crippen molar-refractivity contribution in [3.8, 4) is 33.5 Å². The van der Waals surface area contributed by atoms with Gasteiger partial charge in [-0.1, -0.05) is 28.1 Å². The third kappa shape index (κ3) is 4.15. The fourth-order valence-electron chi connectivity index (χ4n) is 2.81. The molecule has 0 aliphatic heterocycles. The topological polar surface area (TPSA) is 112 Å². The number of rotatable bonds is 5. The summed E-state index contributed by atoms with van der Waals surface area (Å²) in [6, 6.07) is 10.5. The molecule has 4 heterocycles. The first kappa shape index (κ1) is 20.1. The van der Waals surface area contributed by atoms with Crippen LogP contribution in [0.25, 0.3) is 33.5 Å². The summed E-state index contributed by atoms with van der Waals surface area (Å²) in [4.78, 5) is 20.6. The van der Waals surface area contributed by atoms with E-state index in [0.717, 1.165) is 5.56 Å². The molecule has 0 radical (unpaired) electrons. The number of benzene rings is 1. The molecule has 0 saturated heterocycles. The Kier molecular flexibility index (Phi) is 5.25. The highest BCUT2D eigenvalue weighted by atomic mass is 35.5. The van der Waals surface area contributed by atoms with Gasteiger partial charge in [0.25, 0.3) is 11.4 Å². The predicted octanol–water partition coefficient (Wildman–Crippen LogP) is 3.71. The molecular formula is C20H11ClFN7O2S. The van der Waals surface area contributed by atoms with Crippen molar-refractivity contribution in [2.75, 3.05) is 0 Å². The Bertz CT molecular complexity index is 1470. The minimum atomic E-state index is -0.332. The Labute approximate surface area is 188 Å². The van der Waals surface area contributed by atoms with Crippen molar-refractivity contribution in [2.24, 2.45) is 0 Å². The lowest BCUT2D eigenvalue weighted by molar-refractivity contribution is 0.429. The summed E-state index contributed by atoms with van der Waals surface area (Å²) < 4.78 is 19.7. The summed E-state index contributed by atoms with van der Waals surface area (Å²) in [5, 5.41) is 18.1. The Morgan fingerprint density at radius 3 is 2.72 bits per heavy atom. The van der Waals surface area contributed by atoms with Gasteiger partial charge >= 0.3 is 0 Å². The van der Waals surface area contributed by atoms with E-state index < -0.39 is 0 Å². The van der Waals surface area contributed by atoms with Gasteiger partial charge < -0.3 is 4.52 Å². The maximum absolute atomic E-state index is 13.1. The summed E-state index contributed by atoms with van der Waals surface area (Å²) in [6.07, 6.45) is 3.06. The molecule has 158 valence electrons. The summed E-state index contributed by atoms with van der Waals surface area (Å²) >= 11 is 7.24. The zero-order valence-electron chi connectivity index (χ0n) is 16.0. The van der Waals surface area contributed by atoms with E-state index in [2.05, 4.69) is 30.4 Å².